The molecule has 0 spiro atoms. The Morgan fingerprint density at radius 1 is 1.30 bits per heavy atom. The lowest BCUT2D eigenvalue weighted by molar-refractivity contribution is 0.0347. The van der Waals surface area contributed by atoms with Gasteiger partial charge in [0.1, 0.15) is 17.5 Å². The van der Waals surface area contributed by atoms with Gasteiger partial charge < -0.3 is 15.8 Å². The molecule has 0 bridgehead atoms. The zero-order valence-corrected chi connectivity index (χ0v) is 12.6. The first-order chi connectivity index (χ1) is 9.65. The van der Waals surface area contributed by atoms with E-state index < -0.39 is 0 Å². The number of anilines is 2. The fraction of sp³-hybridized carbons (Fsp3) is 0.733. The SMILES string of the molecule is CC(C)c1nc(N)cc(NCCOC2CCCCC2)n1. The maximum atomic E-state index is 5.88. The fourth-order valence-electron chi connectivity index (χ4n) is 2.47. The van der Waals surface area contributed by atoms with E-state index in [-0.39, 0.29) is 5.92 Å². The molecule has 20 heavy (non-hydrogen) atoms. The summed E-state index contributed by atoms with van der Waals surface area (Å²) < 4.78 is 5.88. The maximum absolute atomic E-state index is 5.88. The van der Waals surface area contributed by atoms with Gasteiger partial charge in [-0.05, 0) is 12.8 Å². The quantitative estimate of drug-likeness (QED) is 0.783. The Morgan fingerprint density at radius 2 is 2.05 bits per heavy atom. The Labute approximate surface area is 121 Å². The van der Waals surface area contributed by atoms with Crippen LogP contribution in [-0.2, 0) is 4.74 Å². The van der Waals surface area contributed by atoms with Gasteiger partial charge in [-0.3, -0.25) is 0 Å². The molecule has 1 aliphatic carbocycles. The van der Waals surface area contributed by atoms with Crippen LogP contribution < -0.4 is 11.1 Å². The van der Waals surface area contributed by atoms with Crippen LogP contribution in [0.3, 0.4) is 0 Å². The van der Waals surface area contributed by atoms with Crippen molar-refractivity contribution < 1.29 is 4.74 Å². The molecule has 0 aliphatic heterocycles. The lowest BCUT2D eigenvalue weighted by Crippen LogP contribution is -2.21. The van der Waals surface area contributed by atoms with Crippen LogP contribution in [0, 0.1) is 0 Å². The van der Waals surface area contributed by atoms with Crippen molar-refractivity contribution >= 4 is 11.6 Å². The highest BCUT2D eigenvalue weighted by atomic mass is 16.5. The molecule has 1 fully saturated rings. The van der Waals surface area contributed by atoms with E-state index in [1.807, 2.05) is 0 Å². The van der Waals surface area contributed by atoms with Crippen LogP contribution in [0.15, 0.2) is 6.07 Å². The van der Waals surface area contributed by atoms with Crippen LogP contribution in [0.4, 0.5) is 11.6 Å². The van der Waals surface area contributed by atoms with Crippen molar-refractivity contribution in [2.45, 2.75) is 58.0 Å². The molecule has 0 saturated heterocycles. The first kappa shape index (κ1) is 15.0. The Hall–Kier alpha value is -1.36. The molecule has 1 saturated carbocycles. The van der Waals surface area contributed by atoms with Gasteiger partial charge in [0.2, 0.25) is 0 Å². The lowest BCUT2D eigenvalue weighted by atomic mass is 9.98. The van der Waals surface area contributed by atoms with E-state index in [0.717, 1.165) is 18.2 Å². The third kappa shape index (κ3) is 4.63. The number of aromatic nitrogens is 2. The monoisotopic (exact) mass is 278 g/mol. The molecule has 1 aromatic heterocycles. The number of nitrogens with zero attached hydrogens (tertiary/aromatic N) is 2. The second kappa shape index (κ2) is 7.43. The van der Waals surface area contributed by atoms with E-state index in [4.69, 9.17) is 10.5 Å². The van der Waals surface area contributed by atoms with E-state index in [0.29, 0.717) is 18.5 Å². The van der Waals surface area contributed by atoms with Crippen molar-refractivity contribution in [1.82, 2.24) is 9.97 Å². The molecule has 0 radical (unpaired) electrons. The number of rotatable bonds is 6. The van der Waals surface area contributed by atoms with E-state index in [2.05, 4.69) is 29.1 Å². The molecule has 5 nitrogen and oxygen atoms in total. The number of nitrogens with one attached hydrogen (secondary N) is 1. The standard InChI is InChI=1S/C15H26N4O/c1-11(2)15-18-13(16)10-14(19-15)17-8-9-20-12-6-4-3-5-7-12/h10-12H,3-9H2,1-2H3,(H3,16,17,18,19). The minimum absolute atomic E-state index is 0.275. The van der Waals surface area contributed by atoms with Crippen LogP contribution in [0.1, 0.15) is 57.7 Å². The molecule has 0 atom stereocenters. The van der Waals surface area contributed by atoms with Crippen LogP contribution in [-0.4, -0.2) is 29.2 Å². The van der Waals surface area contributed by atoms with Crippen molar-refractivity contribution in [2.24, 2.45) is 0 Å². The number of hydrogen-bond donors (Lipinski definition) is 2. The average Bonchev–Trinajstić information content (AvgIpc) is 2.44. The van der Waals surface area contributed by atoms with Gasteiger partial charge in [0.25, 0.3) is 0 Å². The van der Waals surface area contributed by atoms with E-state index in [1.165, 1.54) is 32.1 Å². The van der Waals surface area contributed by atoms with Crippen molar-refractivity contribution in [1.29, 1.82) is 0 Å². The zero-order chi connectivity index (χ0) is 14.4. The average molecular weight is 278 g/mol. The Morgan fingerprint density at radius 3 is 2.75 bits per heavy atom. The molecular weight excluding hydrogens is 252 g/mol. The van der Waals surface area contributed by atoms with Crippen molar-refractivity contribution in [3.8, 4) is 0 Å². The van der Waals surface area contributed by atoms with Crippen LogP contribution in [0.2, 0.25) is 0 Å². The van der Waals surface area contributed by atoms with E-state index >= 15 is 0 Å². The number of nitrogens with two attached hydrogens (primary N) is 1. The first-order valence-electron chi connectivity index (χ1n) is 7.65. The van der Waals surface area contributed by atoms with Crippen molar-refractivity contribution in [3.05, 3.63) is 11.9 Å². The third-order valence-corrected chi connectivity index (χ3v) is 3.59. The zero-order valence-electron chi connectivity index (χ0n) is 12.6. The molecule has 112 valence electrons. The summed E-state index contributed by atoms with van der Waals surface area (Å²) in [7, 11) is 0. The van der Waals surface area contributed by atoms with Gasteiger partial charge in [0.15, 0.2) is 0 Å². The summed E-state index contributed by atoms with van der Waals surface area (Å²) in [5, 5.41) is 3.26. The van der Waals surface area contributed by atoms with E-state index in [9.17, 15) is 0 Å². The van der Waals surface area contributed by atoms with Crippen molar-refractivity contribution in [3.63, 3.8) is 0 Å². The van der Waals surface area contributed by atoms with Crippen LogP contribution in [0.25, 0.3) is 0 Å². The summed E-state index contributed by atoms with van der Waals surface area (Å²) >= 11 is 0. The number of hydrogen-bond acceptors (Lipinski definition) is 5. The summed E-state index contributed by atoms with van der Waals surface area (Å²) in [4.78, 5) is 8.69. The molecule has 5 heteroatoms. The second-order valence-electron chi connectivity index (χ2n) is 5.75. The summed E-state index contributed by atoms with van der Waals surface area (Å²) in [5.74, 6) is 2.35. The molecule has 1 aromatic rings. The molecule has 0 amide bonds. The number of nitrogen functional groups attached to an aromatic ring is 1. The molecule has 0 aromatic carbocycles. The van der Waals surface area contributed by atoms with Crippen LogP contribution >= 0.6 is 0 Å². The normalized spacial score (nSPS) is 16.6. The molecule has 2 rings (SSSR count). The highest BCUT2D eigenvalue weighted by Crippen LogP contribution is 2.20. The topological polar surface area (TPSA) is 73.1 Å². The minimum Gasteiger partial charge on any atom is -0.384 e. The molecule has 1 heterocycles. The summed E-state index contributed by atoms with van der Waals surface area (Å²) in [6, 6.07) is 1.77. The van der Waals surface area contributed by atoms with E-state index in [1.54, 1.807) is 6.07 Å². The van der Waals surface area contributed by atoms with Crippen LogP contribution in [0.5, 0.6) is 0 Å². The lowest BCUT2D eigenvalue weighted by Gasteiger charge is -2.22. The Bertz CT molecular complexity index is 416. The molecule has 0 unspecified atom stereocenters. The predicted molar refractivity (Wildman–Crippen MR) is 81.8 cm³/mol. The second-order valence-corrected chi connectivity index (χ2v) is 5.75. The number of ether oxygens (including phenoxy) is 1. The summed E-state index contributed by atoms with van der Waals surface area (Å²) in [6.45, 7) is 5.59. The fourth-order valence-corrected chi connectivity index (χ4v) is 2.47. The van der Waals surface area contributed by atoms with Gasteiger partial charge in [-0.25, -0.2) is 9.97 Å². The van der Waals surface area contributed by atoms with Gasteiger partial charge in [-0.15, -0.1) is 0 Å². The molecule has 3 N–H and O–H groups in total. The van der Waals surface area contributed by atoms with Gasteiger partial charge in [0.05, 0.1) is 12.7 Å². The summed E-state index contributed by atoms with van der Waals surface area (Å²) in [5.41, 5.74) is 5.80. The Balaban J connectivity index is 1.75. The third-order valence-electron chi connectivity index (χ3n) is 3.59. The highest BCUT2D eigenvalue weighted by Gasteiger charge is 2.13. The molecule has 1 aliphatic rings. The van der Waals surface area contributed by atoms with Gasteiger partial charge in [-0.2, -0.15) is 0 Å². The largest absolute Gasteiger partial charge is 0.384 e. The van der Waals surface area contributed by atoms with Gasteiger partial charge in [0, 0.05) is 18.5 Å². The minimum atomic E-state index is 0.275. The molecular formula is C15H26N4O. The van der Waals surface area contributed by atoms with Crippen molar-refractivity contribution in [2.75, 3.05) is 24.2 Å². The van der Waals surface area contributed by atoms with Gasteiger partial charge >= 0.3 is 0 Å². The maximum Gasteiger partial charge on any atom is 0.135 e. The van der Waals surface area contributed by atoms with Gasteiger partial charge in [-0.1, -0.05) is 33.1 Å². The predicted octanol–water partition coefficient (Wildman–Crippen LogP) is 2.94. The summed E-state index contributed by atoms with van der Waals surface area (Å²) in [6.07, 6.45) is 6.83. The Kier molecular flexibility index (Phi) is 5.59. The highest BCUT2D eigenvalue weighted by molar-refractivity contribution is 5.44. The first-order valence-corrected chi connectivity index (χ1v) is 7.65. The smallest absolute Gasteiger partial charge is 0.135 e.